The molecule has 184 valence electrons. The zero-order valence-electron chi connectivity index (χ0n) is 20.5. The number of rotatable bonds is 16. The fourth-order valence-electron chi connectivity index (χ4n) is 3.72. The van der Waals surface area contributed by atoms with Crippen LogP contribution in [0.25, 0.3) is 0 Å². The molecule has 2 aromatic carbocycles. The van der Waals surface area contributed by atoms with Crippen molar-refractivity contribution in [1.29, 1.82) is 0 Å². The van der Waals surface area contributed by atoms with E-state index in [-0.39, 0.29) is 6.10 Å². The van der Waals surface area contributed by atoms with Crippen LogP contribution in [0.1, 0.15) is 82.0 Å². The SMILES string of the molecule is CCCCCCCCC=COc1ccc(C(=O)Oc2ccc(OC[C@@H]3O[C@H]3CCC)cc2)cc1. The predicted octanol–water partition coefficient (Wildman–Crippen LogP) is 7.50. The molecule has 1 aliphatic rings. The number of esters is 1. The highest BCUT2D eigenvalue weighted by Crippen LogP contribution is 2.28. The molecule has 0 aliphatic carbocycles. The fourth-order valence-corrected chi connectivity index (χ4v) is 3.72. The molecule has 3 rings (SSSR count). The number of ether oxygens (including phenoxy) is 4. The molecule has 0 unspecified atom stereocenters. The van der Waals surface area contributed by atoms with Crippen molar-refractivity contribution in [3.8, 4) is 17.2 Å². The third-order valence-electron chi connectivity index (χ3n) is 5.82. The van der Waals surface area contributed by atoms with E-state index in [0.29, 0.717) is 29.8 Å². The summed E-state index contributed by atoms with van der Waals surface area (Å²) in [5.41, 5.74) is 0.469. The minimum atomic E-state index is -0.410. The lowest BCUT2D eigenvalue weighted by atomic mass is 10.1. The highest BCUT2D eigenvalue weighted by molar-refractivity contribution is 5.91. The molecule has 0 bridgehead atoms. The first-order valence-corrected chi connectivity index (χ1v) is 12.7. The normalized spacial score (nSPS) is 17.0. The molecular formula is C29H38O5. The first-order chi connectivity index (χ1) is 16.7. The summed E-state index contributed by atoms with van der Waals surface area (Å²) in [6.07, 6.45) is 15.2. The number of carbonyl (C=O) groups excluding carboxylic acids is 1. The molecule has 0 amide bonds. The minimum absolute atomic E-state index is 0.195. The van der Waals surface area contributed by atoms with Crippen LogP contribution in [0.5, 0.6) is 17.2 Å². The van der Waals surface area contributed by atoms with Gasteiger partial charge < -0.3 is 18.9 Å². The van der Waals surface area contributed by atoms with Gasteiger partial charge in [-0.1, -0.05) is 52.4 Å². The Bertz CT molecular complexity index is 872. The van der Waals surface area contributed by atoms with Crippen LogP contribution in [0.4, 0.5) is 0 Å². The second kappa shape index (κ2) is 14.5. The lowest BCUT2D eigenvalue weighted by Gasteiger charge is -2.07. The van der Waals surface area contributed by atoms with E-state index in [0.717, 1.165) is 25.0 Å². The molecule has 1 aliphatic heterocycles. The Balaban J connectivity index is 1.34. The van der Waals surface area contributed by atoms with Crippen LogP contribution < -0.4 is 14.2 Å². The number of unbranched alkanes of at least 4 members (excludes halogenated alkanes) is 6. The number of carbonyl (C=O) groups is 1. The molecule has 5 heteroatoms. The first kappa shape index (κ1) is 25.8. The van der Waals surface area contributed by atoms with E-state index in [1.54, 1.807) is 54.8 Å². The van der Waals surface area contributed by atoms with E-state index in [9.17, 15) is 4.79 Å². The van der Waals surface area contributed by atoms with Crippen molar-refractivity contribution in [3.63, 3.8) is 0 Å². The third-order valence-corrected chi connectivity index (χ3v) is 5.82. The number of hydrogen-bond acceptors (Lipinski definition) is 5. The van der Waals surface area contributed by atoms with E-state index >= 15 is 0 Å². The van der Waals surface area contributed by atoms with Gasteiger partial charge in [-0.05, 0) is 73.9 Å². The summed E-state index contributed by atoms with van der Waals surface area (Å²) >= 11 is 0. The van der Waals surface area contributed by atoms with Gasteiger partial charge in [-0.25, -0.2) is 4.79 Å². The smallest absolute Gasteiger partial charge is 0.343 e. The maximum atomic E-state index is 12.4. The van der Waals surface area contributed by atoms with Crippen LogP contribution in [0, 0.1) is 0 Å². The average molecular weight is 467 g/mol. The Morgan fingerprint density at radius 1 is 0.824 bits per heavy atom. The summed E-state index contributed by atoms with van der Waals surface area (Å²) in [7, 11) is 0. The maximum Gasteiger partial charge on any atom is 0.343 e. The second-order valence-electron chi connectivity index (χ2n) is 8.74. The molecule has 1 saturated heterocycles. The first-order valence-electron chi connectivity index (χ1n) is 12.7. The fraction of sp³-hybridized carbons (Fsp3) is 0.483. The Kier molecular flexibility index (Phi) is 11.0. The van der Waals surface area contributed by atoms with Crippen LogP contribution in [-0.2, 0) is 4.74 Å². The Morgan fingerprint density at radius 3 is 2.24 bits per heavy atom. The van der Waals surface area contributed by atoms with E-state index in [4.69, 9.17) is 18.9 Å². The van der Waals surface area contributed by atoms with Gasteiger partial charge in [-0.15, -0.1) is 0 Å². The molecule has 0 aromatic heterocycles. The van der Waals surface area contributed by atoms with Crippen LogP contribution in [-0.4, -0.2) is 24.8 Å². The van der Waals surface area contributed by atoms with E-state index in [1.807, 2.05) is 0 Å². The molecule has 0 radical (unpaired) electrons. The zero-order valence-corrected chi connectivity index (χ0v) is 20.5. The number of hydrogen-bond donors (Lipinski definition) is 0. The van der Waals surface area contributed by atoms with Crippen molar-refractivity contribution in [2.45, 2.75) is 83.8 Å². The Morgan fingerprint density at radius 2 is 1.50 bits per heavy atom. The van der Waals surface area contributed by atoms with E-state index < -0.39 is 5.97 Å². The minimum Gasteiger partial charge on any atom is -0.491 e. The highest BCUT2D eigenvalue weighted by atomic mass is 16.6. The van der Waals surface area contributed by atoms with Gasteiger partial charge in [0.2, 0.25) is 0 Å². The molecule has 1 fully saturated rings. The molecule has 34 heavy (non-hydrogen) atoms. The molecular weight excluding hydrogens is 428 g/mol. The van der Waals surface area contributed by atoms with Gasteiger partial charge in [-0.2, -0.15) is 0 Å². The molecule has 0 saturated carbocycles. The Hall–Kier alpha value is -2.79. The van der Waals surface area contributed by atoms with Gasteiger partial charge in [0.05, 0.1) is 17.9 Å². The summed E-state index contributed by atoms with van der Waals surface area (Å²) in [5, 5.41) is 0. The predicted molar refractivity (Wildman–Crippen MR) is 135 cm³/mol. The second-order valence-corrected chi connectivity index (χ2v) is 8.74. The standard InChI is InChI=1S/C29H38O5/c1-3-5-6-7-8-9-10-11-21-31-24-15-13-23(14-16-24)29(30)33-26-19-17-25(18-20-26)32-22-28-27(34-28)12-4-2/h11,13-21,27-28H,3-10,12,22H2,1-2H3/t27-,28-/m0/s1. The molecule has 0 N–H and O–H groups in total. The molecule has 0 spiro atoms. The van der Waals surface area contributed by atoms with Crippen LogP contribution in [0.3, 0.4) is 0 Å². The van der Waals surface area contributed by atoms with E-state index in [2.05, 4.69) is 19.9 Å². The molecule has 5 nitrogen and oxygen atoms in total. The lowest BCUT2D eigenvalue weighted by Crippen LogP contribution is -2.09. The Labute approximate surface area is 204 Å². The van der Waals surface area contributed by atoms with Gasteiger partial charge in [0, 0.05) is 0 Å². The molecule has 2 aromatic rings. The van der Waals surface area contributed by atoms with Gasteiger partial charge >= 0.3 is 5.97 Å². The van der Waals surface area contributed by atoms with E-state index in [1.165, 1.54) is 38.5 Å². The summed E-state index contributed by atoms with van der Waals surface area (Å²) in [6, 6.07) is 14.0. The number of benzene rings is 2. The van der Waals surface area contributed by atoms with Crippen molar-refractivity contribution in [3.05, 3.63) is 66.4 Å². The van der Waals surface area contributed by atoms with Crippen molar-refractivity contribution in [2.75, 3.05) is 6.61 Å². The lowest BCUT2D eigenvalue weighted by molar-refractivity contribution is 0.0734. The summed E-state index contributed by atoms with van der Waals surface area (Å²) < 4.78 is 22.4. The van der Waals surface area contributed by atoms with Gasteiger partial charge in [0.25, 0.3) is 0 Å². The molecule has 2 atom stereocenters. The zero-order chi connectivity index (χ0) is 24.0. The average Bonchev–Trinajstić information content (AvgIpc) is 3.61. The maximum absolute atomic E-state index is 12.4. The third kappa shape index (κ3) is 9.22. The van der Waals surface area contributed by atoms with Crippen LogP contribution >= 0.6 is 0 Å². The van der Waals surface area contributed by atoms with Crippen molar-refractivity contribution < 1.29 is 23.7 Å². The summed E-state index contributed by atoms with van der Waals surface area (Å²) in [4.78, 5) is 12.4. The van der Waals surface area contributed by atoms with Crippen molar-refractivity contribution in [2.24, 2.45) is 0 Å². The van der Waals surface area contributed by atoms with Gasteiger partial charge in [0.15, 0.2) is 0 Å². The van der Waals surface area contributed by atoms with Crippen LogP contribution in [0.15, 0.2) is 60.9 Å². The highest BCUT2D eigenvalue weighted by Gasteiger charge is 2.38. The largest absolute Gasteiger partial charge is 0.491 e. The number of epoxide rings is 1. The van der Waals surface area contributed by atoms with Gasteiger partial charge in [-0.3, -0.25) is 0 Å². The van der Waals surface area contributed by atoms with Crippen molar-refractivity contribution >= 4 is 5.97 Å². The molecule has 1 heterocycles. The summed E-state index contributed by atoms with van der Waals surface area (Å²) in [6.45, 7) is 4.93. The number of allylic oxidation sites excluding steroid dienone is 1. The van der Waals surface area contributed by atoms with Gasteiger partial charge in [0.1, 0.15) is 30.0 Å². The van der Waals surface area contributed by atoms with Crippen molar-refractivity contribution in [1.82, 2.24) is 0 Å². The van der Waals surface area contributed by atoms with Crippen LogP contribution in [0.2, 0.25) is 0 Å². The quantitative estimate of drug-likeness (QED) is 0.0843. The monoisotopic (exact) mass is 466 g/mol. The summed E-state index contributed by atoms with van der Waals surface area (Å²) in [5.74, 6) is 1.49. The topological polar surface area (TPSA) is 57.3 Å².